The van der Waals surface area contributed by atoms with E-state index in [1.54, 1.807) is 0 Å². The highest BCUT2D eigenvalue weighted by molar-refractivity contribution is 6.17. The zero-order valence-corrected chi connectivity index (χ0v) is 24.3. The van der Waals surface area contributed by atoms with E-state index in [0.717, 1.165) is 55.7 Å². The SMILES string of the molecule is c1ccc(-c2nc3c(ccc4ccc(N(c5ccccc5)c5cccc6c5c5ccccc5n6-c5ccccc5)cc43)o2)cc1. The number of nitrogens with zero attached hydrogens (tertiary/aromatic N) is 3. The van der Waals surface area contributed by atoms with E-state index >= 15 is 0 Å². The Bertz CT molecular complexity index is 2480. The first kappa shape index (κ1) is 25.4. The van der Waals surface area contributed by atoms with Crippen molar-refractivity contribution in [3.8, 4) is 17.1 Å². The maximum absolute atomic E-state index is 6.25. The maximum atomic E-state index is 6.25. The fraction of sp³-hybridized carbons (Fsp3) is 0. The summed E-state index contributed by atoms with van der Waals surface area (Å²) < 4.78 is 8.62. The largest absolute Gasteiger partial charge is 0.436 e. The normalized spacial score (nSPS) is 11.6. The molecule has 0 aliphatic heterocycles. The molecule has 0 aliphatic rings. The summed E-state index contributed by atoms with van der Waals surface area (Å²) in [7, 11) is 0. The summed E-state index contributed by atoms with van der Waals surface area (Å²) in [5.74, 6) is 0.627. The molecule has 0 saturated heterocycles. The number of benzene rings is 7. The van der Waals surface area contributed by atoms with E-state index < -0.39 is 0 Å². The van der Waals surface area contributed by atoms with Crippen LogP contribution < -0.4 is 4.90 Å². The molecule has 9 aromatic rings. The van der Waals surface area contributed by atoms with Gasteiger partial charge in [-0.1, -0.05) is 91.0 Å². The van der Waals surface area contributed by atoms with Gasteiger partial charge < -0.3 is 13.9 Å². The minimum atomic E-state index is 0.627. The first-order chi connectivity index (χ1) is 22.3. The third-order valence-corrected chi connectivity index (χ3v) is 8.58. The lowest BCUT2D eigenvalue weighted by Crippen LogP contribution is -2.10. The van der Waals surface area contributed by atoms with E-state index in [0.29, 0.717) is 5.89 Å². The molecule has 2 heterocycles. The molecule has 0 N–H and O–H groups in total. The number of fused-ring (bicyclic) bond motifs is 6. The number of hydrogen-bond donors (Lipinski definition) is 0. The summed E-state index contributed by atoms with van der Waals surface area (Å²) >= 11 is 0. The van der Waals surface area contributed by atoms with Crippen LogP contribution in [0.15, 0.2) is 168 Å². The van der Waals surface area contributed by atoms with Crippen LogP contribution in [0.4, 0.5) is 17.1 Å². The summed E-state index contributed by atoms with van der Waals surface area (Å²) in [6.07, 6.45) is 0. The molecule has 45 heavy (non-hydrogen) atoms. The van der Waals surface area contributed by atoms with E-state index in [4.69, 9.17) is 9.40 Å². The average Bonchev–Trinajstić information content (AvgIpc) is 3.70. The lowest BCUT2D eigenvalue weighted by atomic mass is 10.1. The molecule has 4 nitrogen and oxygen atoms in total. The van der Waals surface area contributed by atoms with Gasteiger partial charge in [0.05, 0.1) is 16.7 Å². The molecule has 0 fully saturated rings. The Labute approximate surface area is 260 Å². The highest BCUT2D eigenvalue weighted by Crippen LogP contribution is 2.44. The number of rotatable bonds is 5. The smallest absolute Gasteiger partial charge is 0.227 e. The van der Waals surface area contributed by atoms with Crippen molar-refractivity contribution in [3.05, 3.63) is 164 Å². The van der Waals surface area contributed by atoms with Crippen LogP contribution in [0.1, 0.15) is 0 Å². The highest BCUT2D eigenvalue weighted by Gasteiger charge is 2.21. The van der Waals surface area contributed by atoms with Crippen molar-refractivity contribution < 1.29 is 4.42 Å². The van der Waals surface area contributed by atoms with E-state index in [2.05, 4.69) is 137 Å². The van der Waals surface area contributed by atoms with Crippen molar-refractivity contribution in [2.45, 2.75) is 0 Å². The van der Waals surface area contributed by atoms with Gasteiger partial charge >= 0.3 is 0 Å². The molecule has 0 unspecified atom stereocenters. The molecule has 0 aliphatic carbocycles. The lowest BCUT2D eigenvalue weighted by Gasteiger charge is -2.27. The Kier molecular flexibility index (Phi) is 5.78. The van der Waals surface area contributed by atoms with Crippen LogP contribution in [0.5, 0.6) is 0 Å². The second kappa shape index (κ2) is 10.2. The molecule has 0 spiro atoms. The zero-order chi connectivity index (χ0) is 29.7. The van der Waals surface area contributed by atoms with Gasteiger partial charge in [0, 0.05) is 38.8 Å². The summed E-state index contributed by atoms with van der Waals surface area (Å²) in [6, 6.07) is 57.3. The second-order valence-corrected chi connectivity index (χ2v) is 11.2. The predicted octanol–water partition coefficient (Wildman–Crippen LogP) is 11.2. The number of hydrogen-bond acceptors (Lipinski definition) is 3. The van der Waals surface area contributed by atoms with Crippen LogP contribution in [-0.4, -0.2) is 9.55 Å². The van der Waals surface area contributed by atoms with Gasteiger partial charge in [-0.3, -0.25) is 0 Å². The number of anilines is 3. The predicted molar refractivity (Wildman–Crippen MR) is 186 cm³/mol. The van der Waals surface area contributed by atoms with Crippen LogP contribution in [0.2, 0.25) is 0 Å². The zero-order valence-electron chi connectivity index (χ0n) is 24.3. The Morgan fingerprint density at radius 2 is 1.22 bits per heavy atom. The third-order valence-electron chi connectivity index (χ3n) is 8.58. The van der Waals surface area contributed by atoms with Gasteiger partial charge in [0.1, 0.15) is 5.52 Å². The Hall–Kier alpha value is -6.13. The van der Waals surface area contributed by atoms with Crippen molar-refractivity contribution in [3.63, 3.8) is 0 Å². The van der Waals surface area contributed by atoms with Gasteiger partial charge in [-0.25, -0.2) is 4.98 Å². The topological polar surface area (TPSA) is 34.2 Å². The van der Waals surface area contributed by atoms with E-state index in [1.807, 2.05) is 36.4 Å². The first-order valence-corrected chi connectivity index (χ1v) is 15.1. The number of aromatic nitrogens is 2. The van der Waals surface area contributed by atoms with Crippen LogP contribution in [-0.2, 0) is 0 Å². The van der Waals surface area contributed by atoms with Crippen molar-refractivity contribution in [2.24, 2.45) is 0 Å². The van der Waals surface area contributed by atoms with E-state index in [-0.39, 0.29) is 0 Å². The van der Waals surface area contributed by atoms with Gasteiger partial charge in [0.2, 0.25) is 5.89 Å². The van der Waals surface area contributed by atoms with Gasteiger partial charge in [0.25, 0.3) is 0 Å². The molecule has 0 radical (unpaired) electrons. The molecule has 0 saturated carbocycles. The third kappa shape index (κ3) is 4.11. The Morgan fingerprint density at radius 1 is 0.533 bits per heavy atom. The molecule has 2 aromatic heterocycles. The summed E-state index contributed by atoms with van der Waals surface area (Å²) in [6.45, 7) is 0. The van der Waals surface area contributed by atoms with Crippen LogP contribution in [0.3, 0.4) is 0 Å². The van der Waals surface area contributed by atoms with Crippen molar-refractivity contribution >= 4 is 60.7 Å². The Balaban J connectivity index is 1.31. The second-order valence-electron chi connectivity index (χ2n) is 11.2. The van der Waals surface area contributed by atoms with Crippen LogP contribution >= 0.6 is 0 Å². The molecule has 4 heteroatoms. The molecule has 9 rings (SSSR count). The minimum Gasteiger partial charge on any atom is -0.436 e. The van der Waals surface area contributed by atoms with Crippen LogP contribution in [0, 0.1) is 0 Å². The minimum absolute atomic E-state index is 0.627. The van der Waals surface area contributed by atoms with Crippen molar-refractivity contribution in [1.82, 2.24) is 9.55 Å². The molecule has 0 atom stereocenters. The summed E-state index contributed by atoms with van der Waals surface area (Å²) in [4.78, 5) is 7.36. The Morgan fingerprint density at radius 3 is 2.04 bits per heavy atom. The molecular formula is C41H27N3O. The molecule has 0 amide bonds. The summed E-state index contributed by atoms with van der Waals surface area (Å²) in [5, 5.41) is 4.58. The molecule has 212 valence electrons. The standard InChI is InChI=1S/C41H27N3O/c1-4-13-29(14-5-1)41-42-40-34-27-32(25-23-28(34)24-26-38(40)45-41)43(30-15-6-2-7-16-30)36-21-12-22-37-39(36)33-19-10-11-20-35(33)44(37)31-17-8-3-9-18-31/h1-27H. The monoisotopic (exact) mass is 577 g/mol. The maximum Gasteiger partial charge on any atom is 0.227 e. The van der Waals surface area contributed by atoms with Gasteiger partial charge in [-0.05, 0) is 78.2 Å². The molecule has 7 aromatic carbocycles. The number of oxazole rings is 1. The number of para-hydroxylation sites is 3. The fourth-order valence-electron chi connectivity index (χ4n) is 6.59. The fourth-order valence-corrected chi connectivity index (χ4v) is 6.59. The molecular weight excluding hydrogens is 550 g/mol. The van der Waals surface area contributed by atoms with Gasteiger partial charge in [-0.2, -0.15) is 0 Å². The highest BCUT2D eigenvalue weighted by atomic mass is 16.3. The average molecular weight is 578 g/mol. The first-order valence-electron chi connectivity index (χ1n) is 15.1. The van der Waals surface area contributed by atoms with E-state index in [1.165, 1.54) is 16.3 Å². The quantitative estimate of drug-likeness (QED) is 0.204. The lowest BCUT2D eigenvalue weighted by molar-refractivity contribution is 0.620. The van der Waals surface area contributed by atoms with Crippen molar-refractivity contribution in [1.29, 1.82) is 0 Å². The van der Waals surface area contributed by atoms with E-state index in [9.17, 15) is 0 Å². The summed E-state index contributed by atoms with van der Waals surface area (Å²) in [5.41, 5.74) is 9.32. The van der Waals surface area contributed by atoms with Gasteiger partial charge in [0.15, 0.2) is 5.58 Å². The van der Waals surface area contributed by atoms with Gasteiger partial charge in [-0.15, -0.1) is 0 Å². The van der Waals surface area contributed by atoms with Crippen LogP contribution in [0.25, 0.3) is 60.8 Å². The molecule has 0 bridgehead atoms. The van der Waals surface area contributed by atoms with Crippen molar-refractivity contribution in [2.75, 3.05) is 4.90 Å².